The van der Waals surface area contributed by atoms with Gasteiger partial charge in [-0.1, -0.05) is 6.58 Å². The molecule has 0 saturated carbocycles. The Morgan fingerprint density at radius 1 is 1.64 bits per heavy atom. The zero-order valence-corrected chi connectivity index (χ0v) is 8.72. The zero-order chi connectivity index (χ0) is 9.07. The van der Waals surface area contributed by atoms with Gasteiger partial charge in [0, 0.05) is 5.57 Å². The molecule has 0 aliphatic carbocycles. The van der Waals surface area contributed by atoms with Crippen molar-refractivity contribution in [3.63, 3.8) is 0 Å². The van der Waals surface area contributed by atoms with Crippen molar-refractivity contribution in [2.45, 2.75) is 0 Å². The lowest BCUT2D eigenvalue weighted by Gasteiger charge is -1.99. The molecular weight excluding hydrogens is 188 g/mol. The molecule has 5 nitrogen and oxygen atoms in total. The van der Waals surface area contributed by atoms with Gasteiger partial charge in [0.25, 0.3) is 10.1 Å². The van der Waals surface area contributed by atoms with Crippen molar-refractivity contribution < 1.29 is 22.2 Å². The Kier molecular flexibility index (Phi) is 3.43. The van der Waals surface area contributed by atoms with Gasteiger partial charge in [0.15, 0.2) is 0 Å². The molecule has 0 fully saturated rings. The topological polar surface area (TPSA) is 80.7 Å². The molecule has 0 amide bonds. The third kappa shape index (κ3) is 4.70. The first kappa shape index (κ1) is 10.3. The fourth-order valence-electron chi connectivity index (χ4n) is 0.423. The summed E-state index contributed by atoms with van der Waals surface area (Å²) in [4.78, 5) is 10.5. The monoisotopic (exact) mass is 196 g/mol. The molecule has 0 spiro atoms. The Balaban J connectivity index is 4.22. The summed E-state index contributed by atoms with van der Waals surface area (Å²) in [6.45, 7) is 3.12. The smallest absolute Gasteiger partial charge is 0.320 e. The van der Waals surface area contributed by atoms with Crippen molar-refractivity contribution in [1.29, 1.82) is 0 Å². The maximum Gasteiger partial charge on any atom is 0.320 e. The number of carbonyl (C=O) groups is 1. The fraction of sp³-hybridized carbons (Fsp3) is 0.250. The maximum atomic E-state index is 10.5. The van der Waals surface area contributed by atoms with E-state index in [0.717, 1.165) is 0 Å². The van der Waals surface area contributed by atoms with Gasteiger partial charge in [-0.3, -0.25) is 4.55 Å². The van der Waals surface area contributed by atoms with E-state index >= 15 is 0 Å². The van der Waals surface area contributed by atoms with E-state index in [0.29, 0.717) is 0 Å². The van der Waals surface area contributed by atoms with Gasteiger partial charge in [-0.05, 0) is 0 Å². The van der Waals surface area contributed by atoms with E-state index in [9.17, 15) is 13.2 Å². The quantitative estimate of drug-likeness (QED) is 0.329. The third-order valence-corrected chi connectivity index (χ3v) is 1.91. The van der Waals surface area contributed by atoms with Crippen LogP contribution in [0.3, 0.4) is 0 Å². The van der Waals surface area contributed by atoms with Crippen LogP contribution in [0.1, 0.15) is 0 Å². The standard InChI is InChI=1S/C4H8O5SSi/c1-3(4(5)9-11)2-10(6,7)8/h1-2H2,11H3,(H,6,7,8). The van der Waals surface area contributed by atoms with Crippen LogP contribution in [-0.4, -0.2) is 35.2 Å². The van der Waals surface area contributed by atoms with Gasteiger partial charge in [-0.15, -0.1) is 0 Å². The van der Waals surface area contributed by atoms with E-state index in [4.69, 9.17) is 4.55 Å². The summed E-state index contributed by atoms with van der Waals surface area (Å²) < 4.78 is 32.9. The number of hydrogen-bond acceptors (Lipinski definition) is 4. The SMILES string of the molecule is C=C(CS(=O)(=O)O)C(=O)O[SiH3]. The summed E-state index contributed by atoms with van der Waals surface area (Å²) >= 11 is 0. The predicted molar refractivity (Wildman–Crippen MR) is 41.6 cm³/mol. The summed E-state index contributed by atoms with van der Waals surface area (Å²) in [5, 5.41) is 0. The molecule has 0 saturated heterocycles. The molecule has 0 aliphatic heterocycles. The molecule has 0 atom stereocenters. The lowest BCUT2D eigenvalue weighted by Crippen LogP contribution is -2.14. The first-order valence-corrected chi connectivity index (χ1v) is 5.00. The average molecular weight is 196 g/mol. The molecule has 0 aliphatic rings. The van der Waals surface area contributed by atoms with Crippen LogP contribution in [0, 0.1) is 0 Å². The van der Waals surface area contributed by atoms with Crippen molar-refractivity contribution in [3.05, 3.63) is 12.2 Å². The van der Waals surface area contributed by atoms with Crippen LogP contribution in [-0.2, 0) is 19.3 Å². The minimum atomic E-state index is -4.16. The largest absolute Gasteiger partial charge is 0.525 e. The van der Waals surface area contributed by atoms with Gasteiger partial charge >= 0.3 is 5.97 Å². The normalized spacial score (nSPS) is 11.0. The van der Waals surface area contributed by atoms with E-state index < -0.39 is 21.8 Å². The lowest BCUT2D eigenvalue weighted by molar-refractivity contribution is -0.129. The summed E-state index contributed by atoms with van der Waals surface area (Å²) in [5.41, 5.74) is -0.262. The molecule has 7 heteroatoms. The molecule has 0 heterocycles. The molecule has 11 heavy (non-hydrogen) atoms. The zero-order valence-electron chi connectivity index (χ0n) is 5.90. The molecule has 0 radical (unpaired) electrons. The molecule has 0 aromatic rings. The first-order chi connectivity index (χ1) is 4.87. The van der Waals surface area contributed by atoms with Crippen molar-refractivity contribution >= 4 is 26.6 Å². The fourth-order valence-corrected chi connectivity index (χ4v) is 1.27. The Morgan fingerprint density at radius 3 is 2.36 bits per heavy atom. The van der Waals surface area contributed by atoms with Gasteiger partial charge in [-0.25, -0.2) is 4.79 Å². The van der Waals surface area contributed by atoms with E-state index in [1.807, 2.05) is 0 Å². The van der Waals surface area contributed by atoms with Crippen LogP contribution in [0.15, 0.2) is 12.2 Å². The van der Waals surface area contributed by atoms with Gasteiger partial charge in [0.1, 0.15) is 5.75 Å². The van der Waals surface area contributed by atoms with E-state index in [-0.39, 0.29) is 16.1 Å². The summed E-state index contributed by atoms with van der Waals surface area (Å²) in [7, 11) is -3.99. The summed E-state index contributed by atoms with van der Waals surface area (Å²) in [5.74, 6) is -1.55. The van der Waals surface area contributed by atoms with Crippen LogP contribution in [0.2, 0.25) is 0 Å². The van der Waals surface area contributed by atoms with E-state index in [2.05, 4.69) is 11.0 Å². The second kappa shape index (κ2) is 3.65. The summed E-state index contributed by atoms with van der Waals surface area (Å²) in [6, 6.07) is 0. The second-order valence-corrected chi connectivity index (χ2v) is 3.68. The highest BCUT2D eigenvalue weighted by Crippen LogP contribution is 1.97. The highest BCUT2D eigenvalue weighted by atomic mass is 32.2. The molecule has 0 rings (SSSR count). The molecule has 64 valence electrons. The van der Waals surface area contributed by atoms with Gasteiger partial charge in [0.2, 0.25) is 10.5 Å². The third-order valence-electron chi connectivity index (χ3n) is 0.831. The second-order valence-electron chi connectivity index (χ2n) is 1.82. The van der Waals surface area contributed by atoms with Crippen molar-refractivity contribution in [3.8, 4) is 0 Å². The van der Waals surface area contributed by atoms with Gasteiger partial charge < -0.3 is 4.43 Å². The maximum absolute atomic E-state index is 10.5. The van der Waals surface area contributed by atoms with Crippen LogP contribution < -0.4 is 0 Å². The number of rotatable bonds is 3. The minimum absolute atomic E-state index is 0.175. The highest BCUT2D eigenvalue weighted by Gasteiger charge is 2.13. The molecular formula is C4H8O5SSi. The van der Waals surface area contributed by atoms with Crippen molar-refractivity contribution in [2.24, 2.45) is 0 Å². The number of hydrogen-bond donors (Lipinski definition) is 1. The Bertz CT molecular complexity index is 266. The predicted octanol–water partition coefficient (Wildman–Crippen LogP) is -1.75. The number of carbonyl (C=O) groups excluding carboxylic acids is 1. The van der Waals surface area contributed by atoms with Crippen molar-refractivity contribution in [1.82, 2.24) is 0 Å². The Morgan fingerprint density at radius 2 is 2.09 bits per heavy atom. The highest BCUT2D eigenvalue weighted by molar-refractivity contribution is 7.86. The molecule has 0 aromatic carbocycles. The molecule has 0 unspecified atom stereocenters. The van der Waals surface area contributed by atoms with Gasteiger partial charge in [0.05, 0.1) is 0 Å². The van der Waals surface area contributed by atoms with Gasteiger partial charge in [-0.2, -0.15) is 8.42 Å². The Hall–Kier alpha value is -0.663. The van der Waals surface area contributed by atoms with Crippen LogP contribution in [0.5, 0.6) is 0 Å². The minimum Gasteiger partial charge on any atom is -0.525 e. The van der Waals surface area contributed by atoms with Crippen LogP contribution >= 0.6 is 0 Å². The Labute approximate surface area is 67.3 Å². The molecule has 1 N–H and O–H groups in total. The molecule has 0 bridgehead atoms. The first-order valence-electron chi connectivity index (χ1n) is 2.58. The lowest BCUT2D eigenvalue weighted by atomic mass is 10.4. The van der Waals surface area contributed by atoms with Crippen LogP contribution in [0.25, 0.3) is 0 Å². The average Bonchev–Trinajstić information content (AvgIpc) is 1.82. The van der Waals surface area contributed by atoms with E-state index in [1.165, 1.54) is 0 Å². The van der Waals surface area contributed by atoms with Crippen molar-refractivity contribution in [2.75, 3.05) is 5.75 Å². The molecule has 0 aromatic heterocycles. The van der Waals surface area contributed by atoms with Crippen LogP contribution in [0.4, 0.5) is 0 Å². The summed E-state index contributed by atoms with van der Waals surface area (Å²) in [6.07, 6.45) is 0. The van der Waals surface area contributed by atoms with E-state index in [1.54, 1.807) is 0 Å².